The number of halogens is 1. The third-order valence-electron chi connectivity index (χ3n) is 9.91. The van der Waals surface area contributed by atoms with Gasteiger partial charge in [0.25, 0.3) is 5.56 Å². The molecule has 2 saturated carbocycles. The van der Waals surface area contributed by atoms with Gasteiger partial charge in [-0.2, -0.15) is 4.98 Å². The van der Waals surface area contributed by atoms with E-state index in [2.05, 4.69) is 25.6 Å². The van der Waals surface area contributed by atoms with E-state index < -0.39 is 81.7 Å². The molecule has 2 aromatic rings. The monoisotopic (exact) mass is 746 g/mol. The number of imidazole rings is 1. The third-order valence-corrected chi connectivity index (χ3v) is 11.2. The molecule has 4 aliphatic rings. The Morgan fingerprint density at radius 2 is 1.73 bits per heavy atom. The van der Waals surface area contributed by atoms with E-state index in [-0.39, 0.29) is 17.1 Å². The van der Waals surface area contributed by atoms with Crippen molar-refractivity contribution in [3.8, 4) is 0 Å². The van der Waals surface area contributed by atoms with E-state index in [1.165, 1.54) is 37.6 Å². The number of hydrogen-bond acceptors (Lipinski definition) is 17. The molecule has 4 heterocycles. The third kappa shape index (κ3) is 7.45. The van der Waals surface area contributed by atoms with E-state index in [9.17, 15) is 24.1 Å². The zero-order valence-electron chi connectivity index (χ0n) is 29.1. The van der Waals surface area contributed by atoms with Crippen molar-refractivity contribution >= 4 is 37.2 Å². The molecule has 2 aliphatic heterocycles. The number of hydrogen-bond donors (Lipinski definition) is 4. The van der Waals surface area contributed by atoms with Gasteiger partial charge in [-0.3, -0.25) is 18.9 Å². The highest BCUT2D eigenvalue weighted by molar-refractivity contribution is 7.48. The van der Waals surface area contributed by atoms with Crippen molar-refractivity contribution in [1.29, 1.82) is 0 Å². The van der Waals surface area contributed by atoms with Crippen LogP contribution >= 0.6 is 7.82 Å². The zero-order valence-corrected chi connectivity index (χ0v) is 30.0. The van der Waals surface area contributed by atoms with E-state index in [1.54, 1.807) is 27.7 Å². The van der Waals surface area contributed by atoms with Crippen LogP contribution in [0.4, 0.5) is 19.9 Å². The summed E-state index contributed by atoms with van der Waals surface area (Å²) in [5.74, 6) is -2.49. The number of carbonyl (C=O) groups is 2. The van der Waals surface area contributed by atoms with Gasteiger partial charge in [0.15, 0.2) is 17.4 Å². The molecule has 3 unspecified atom stereocenters. The van der Waals surface area contributed by atoms with Gasteiger partial charge in [-0.05, 0) is 65.7 Å². The lowest BCUT2D eigenvalue weighted by atomic mass is 9.87. The summed E-state index contributed by atoms with van der Waals surface area (Å²) in [6.07, 6.45) is -0.339. The fourth-order valence-corrected chi connectivity index (χ4v) is 7.84. The molecule has 4 N–H and O–H groups in total. The normalized spacial score (nSPS) is 32.2. The Bertz CT molecular complexity index is 1700. The second kappa shape index (κ2) is 13.9. The number of aromatic nitrogens is 4. The van der Waals surface area contributed by atoms with Crippen LogP contribution in [0.3, 0.4) is 0 Å². The van der Waals surface area contributed by atoms with Crippen LogP contribution < -0.4 is 16.2 Å². The average Bonchev–Trinajstić information content (AvgIpc) is 3.67. The first kappa shape index (κ1) is 37.4. The van der Waals surface area contributed by atoms with Crippen molar-refractivity contribution in [2.24, 2.45) is 17.8 Å². The van der Waals surface area contributed by atoms with Crippen LogP contribution in [-0.4, -0.2) is 98.9 Å². The lowest BCUT2D eigenvalue weighted by Crippen LogP contribution is -2.42. The van der Waals surface area contributed by atoms with E-state index >= 15 is 4.39 Å². The van der Waals surface area contributed by atoms with Crippen molar-refractivity contribution in [2.45, 2.75) is 102 Å². The second-order valence-corrected chi connectivity index (χ2v) is 15.6. The van der Waals surface area contributed by atoms with E-state index in [0.717, 1.165) is 18.3 Å². The number of alkyl halides is 1. The number of aliphatic hydroxyl groups is 1. The molecule has 284 valence electrons. The van der Waals surface area contributed by atoms with Crippen LogP contribution in [0.2, 0.25) is 0 Å². The number of rotatable bonds is 16. The Balaban J connectivity index is 1.12. The number of aromatic amines is 1. The minimum atomic E-state index is -4.87. The molecule has 1 spiro atoms. The topological polar surface area (TPSA) is 243 Å². The van der Waals surface area contributed by atoms with Crippen LogP contribution in [0.15, 0.2) is 11.1 Å². The van der Waals surface area contributed by atoms with Gasteiger partial charge in [-0.25, -0.2) is 32.6 Å². The highest BCUT2D eigenvalue weighted by atomic mass is 31.2. The maximum atomic E-state index is 16.6. The maximum absolute atomic E-state index is 16.6. The SMILES string of the molecule is CC(C)OC(=O)OCOP(=O)(OCOC(=O)OC(C)C)OC[C@@]1(F)O[C@@H](n2cnc3c(=O)[nH]c(NCCC4NC45C4CCC45)nc32)[C@](C)(O)[C@@H]1C. The number of phosphoric acid groups is 1. The first-order chi connectivity index (χ1) is 24.0. The summed E-state index contributed by atoms with van der Waals surface area (Å²) in [6, 6.07) is 0.431. The largest absolute Gasteiger partial charge is 0.510 e. The molecule has 0 radical (unpaired) electrons. The zero-order chi connectivity index (χ0) is 36.9. The molecule has 0 bridgehead atoms. The van der Waals surface area contributed by atoms with Crippen molar-refractivity contribution in [1.82, 2.24) is 24.8 Å². The smallest absolute Gasteiger partial charge is 0.432 e. The molecule has 2 aliphatic carbocycles. The highest BCUT2D eigenvalue weighted by Crippen LogP contribution is 2.72. The predicted octanol–water partition coefficient (Wildman–Crippen LogP) is 3.45. The molecule has 2 saturated heterocycles. The molecule has 7 atom stereocenters. The fraction of sp³-hybridized carbons (Fsp3) is 0.767. The number of carbonyl (C=O) groups excluding carboxylic acids is 2. The number of H-pyrrole nitrogens is 1. The van der Waals surface area contributed by atoms with Gasteiger partial charge >= 0.3 is 20.1 Å². The summed E-state index contributed by atoms with van der Waals surface area (Å²) in [5, 5.41) is 18.3. The quantitative estimate of drug-likeness (QED) is 0.0832. The second-order valence-electron chi connectivity index (χ2n) is 13.9. The molecule has 6 rings (SSSR count). The van der Waals surface area contributed by atoms with Crippen LogP contribution in [-0.2, 0) is 41.8 Å². The van der Waals surface area contributed by atoms with Gasteiger partial charge in [-0.1, -0.05) is 6.92 Å². The van der Waals surface area contributed by atoms with Gasteiger partial charge in [0, 0.05) is 18.1 Å². The Labute approximate surface area is 291 Å². The standard InChI is InChI=1S/C30H44FN6O13P/c1-15(2)48-26(39)43-13-46-51(42,47-14-44-27(40)49-16(3)4)45-11-29(31)17(5)28(6,41)24(50-29)37-12-33-21-22(37)34-25(35-23(21)38)32-10-9-20-30(36-20)18-7-8-19(18)30/h12,15-20,24,36,41H,7-11,13-14H2,1-6H3,(H2,32,34,35,38)/t17-,18?,19?,20?,24+,28+,29+,30?/m0/s1. The van der Waals surface area contributed by atoms with Crippen molar-refractivity contribution in [3.63, 3.8) is 0 Å². The molecule has 0 amide bonds. The molecular weight excluding hydrogens is 702 g/mol. The number of fused-ring (bicyclic) bond motifs is 4. The van der Waals surface area contributed by atoms with E-state index in [0.29, 0.717) is 18.1 Å². The molecule has 2 aromatic heterocycles. The minimum absolute atomic E-state index is 0.0124. The molecule has 4 fully saturated rings. The molecule has 21 heteroatoms. The van der Waals surface area contributed by atoms with E-state index in [1.807, 2.05) is 0 Å². The summed E-state index contributed by atoms with van der Waals surface area (Å²) in [5.41, 5.74) is -2.28. The number of nitrogens with zero attached hydrogens (tertiary/aromatic N) is 3. The summed E-state index contributed by atoms with van der Waals surface area (Å²) < 4.78 is 71.2. The Kier molecular flexibility index (Phi) is 10.2. The lowest BCUT2D eigenvalue weighted by Gasteiger charge is -2.29. The minimum Gasteiger partial charge on any atom is -0.432 e. The Morgan fingerprint density at radius 3 is 2.29 bits per heavy atom. The Hall–Kier alpha value is -3.39. The van der Waals surface area contributed by atoms with Gasteiger partial charge in [-0.15, -0.1) is 0 Å². The number of nitrogens with one attached hydrogen (secondary N) is 3. The van der Waals surface area contributed by atoms with Crippen LogP contribution in [0.1, 0.15) is 67.0 Å². The molecule has 19 nitrogen and oxygen atoms in total. The Morgan fingerprint density at radius 1 is 1.12 bits per heavy atom. The number of anilines is 1. The van der Waals surface area contributed by atoms with E-state index in [4.69, 9.17) is 37.3 Å². The van der Waals surface area contributed by atoms with Gasteiger partial charge in [0.1, 0.15) is 12.2 Å². The summed E-state index contributed by atoms with van der Waals surface area (Å²) >= 11 is 0. The first-order valence-electron chi connectivity index (χ1n) is 16.8. The summed E-state index contributed by atoms with van der Waals surface area (Å²) in [6.45, 7) is 6.22. The van der Waals surface area contributed by atoms with Crippen molar-refractivity contribution < 1.29 is 60.9 Å². The molecular formula is C30H44FN6O13P. The van der Waals surface area contributed by atoms with Crippen LogP contribution in [0, 0.1) is 17.8 Å². The number of ether oxygens (including phenoxy) is 5. The van der Waals surface area contributed by atoms with Crippen LogP contribution in [0.5, 0.6) is 0 Å². The summed E-state index contributed by atoms with van der Waals surface area (Å²) in [7, 11) is -4.87. The van der Waals surface area contributed by atoms with Crippen molar-refractivity contribution in [2.75, 3.05) is 32.1 Å². The number of phosphoric ester groups is 1. The predicted molar refractivity (Wildman–Crippen MR) is 172 cm³/mol. The van der Waals surface area contributed by atoms with Crippen molar-refractivity contribution in [3.05, 3.63) is 16.7 Å². The highest BCUT2D eigenvalue weighted by Gasteiger charge is 2.80. The van der Waals surface area contributed by atoms with Gasteiger partial charge < -0.3 is 39.4 Å². The summed E-state index contributed by atoms with van der Waals surface area (Å²) in [4.78, 5) is 47.7. The first-order valence-corrected chi connectivity index (χ1v) is 18.2. The van der Waals surface area contributed by atoms with Crippen LogP contribution in [0.25, 0.3) is 11.2 Å². The maximum Gasteiger partial charge on any atom is 0.510 e. The van der Waals surface area contributed by atoms with Gasteiger partial charge in [0.2, 0.25) is 25.4 Å². The fourth-order valence-electron chi connectivity index (χ4n) is 6.92. The average molecular weight is 747 g/mol. The molecule has 0 aromatic carbocycles. The lowest BCUT2D eigenvalue weighted by molar-refractivity contribution is -0.192. The van der Waals surface area contributed by atoms with Gasteiger partial charge in [0.05, 0.1) is 24.5 Å². The molecule has 51 heavy (non-hydrogen) atoms.